The van der Waals surface area contributed by atoms with Gasteiger partial charge in [0.1, 0.15) is 17.3 Å². The van der Waals surface area contributed by atoms with Crippen LogP contribution in [0.5, 0.6) is 5.75 Å². The number of hydrogen-bond donors (Lipinski definition) is 1. The van der Waals surface area contributed by atoms with Crippen LogP contribution < -0.4 is 0 Å². The zero-order valence-electron chi connectivity index (χ0n) is 9.74. The Bertz CT molecular complexity index is 571. The van der Waals surface area contributed by atoms with Gasteiger partial charge in [0.15, 0.2) is 0 Å². The van der Waals surface area contributed by atoms with Gasteiger partial charge in [0.2, 0.25) is 0 Å². The third-order valence-corrected chi connectivity index (χ3v) is 3.84. The first kappa shape index (κ1) is 13.3. The van der Waals surface area contributed by atoms with E-state index in [4.69, 9.17) is 0 Å². The molecule has 0 spiro atoms. The molecule has 1 aromatic carbocycles. The predicted molar refractivity (Wildman–Crippen MR) is 77.4 cm³/mol. The van der Waals surface area contributed by atoms with Crippen LogP contribution in [0, 0.1) is 0 Å². The largest absolute Gasteiger partial charge is 0.506 e. The van der Waals surface area contributed by atoms with E-state index in [-0.39, 0.29) is 11.7 Å². The highest BCUT2D eigenvalue weighted by molar-refractivity contribution is 9.11. The van der Waals surface area contributed by atoms with Crippen LogP contribution in [0.3, 0.4) is 0 Å². The topological polar surface area (TPSA) is 52.9 Å². The molecule has 0 bridgehead atoms. The molecule has 6 heteroatoms. The molecule has 0 aromatic heterocycles. The molecule has 1 aromatic rings. The van der Waals surface area contributed by atoms with E-state index in [1.165, 1.54) is 4.90 Å². The summed E-state index contributed by atoms with van der Waals surface area (Å²) in [4.78, 5) is 17.5. The summed E-state index contributed by atoms with van der Waals surface area (Å²) in [5, 5.41) is 9.61. The SMILES string of the molecule is CC1=NC(=Cc2cc(Br)c(O)c(Br)c2)C(=O)N1C. The molecule has 4 nitrogen and oxygen atoms in total. The third-order valence-electron chi connectivity index (χ3n) is 2.63. The summed E-state index contributed by atoms with van der Waals surface area (Å²) >= 11 is 6.49. The number of carbonyl (C=O) groups excluding carboxylic acids is 1. The Kier molecular flexibility index (Phi) is 3.59. The number of halogens is 2. The molecule has 0 aliphatic carbocycles. The fraction of sp³-hybridized carbons (Fsp3) is 0.167. The standard InChI is InChI=1S/C12H10Br2N2O2/c1-6-15-10(12(18)16(6)2)5-7-3-8(13)11(17)9(14)4-7/h3-5,17H,1-2H3. The summed E-state index contributed by atoms with van der Waals surface area (Å²) < 4.78 is 1.12. The number of hydrogen-bond acceptors (Lipinski definition) is 3. The third kappa shape index (κ3) is 2.35. The van der Waals surface area contributed by atoms with E-state index in [0.717, 1.165) is 5.56 Å². The fourth-order valence-electron chi connectivity index (χ4n) is 1.54. The van der Waals surface area contributed by atoms with E-state index in [1.54, 1.807) is 32.2 Å². The number of phenols is 1. The number of aromatic hydroxyl groups is 1. The zero-order valence-corrected chi connectivity index (χ0v) is 12.9. The number of carbonyl (C=O) groups is 1. The molecule has 1 aliphatic heterocycles. The molecular weight excluding hydrogens is 364 g/mol. The van der Waals surface area contributed by atoms with Crippen LogP contribution >= 0.6 is 31.9 Å². The molecule has 0 saturated carbocycles. The lowest BCUT2D eigenvalue weighted by Crippen LogP contribution is -2.25. The lowest BCUT2D eigenvalue weighted by molar-refractivity contribution is -0.121. The molecule has 0 atom stereocenters. The van der Waals surface area contributed by atoms with Gasteiger partial charge in [-0.15, -0.1) is 0 Å². The first-order valence-corrected chi connectivity index (χ1v) is 6.72. The second kappa shape index (κ2) is 4.85. The lowest BCUT2D eigenvalue weighted by Gasteiger charge is -2.06. The van der Waals surface area contributed by atoms with Crippen molar-refractivity contribution in [2.75, 3.05) is 7.05 Å². The van der Waals surface area contributed by atoms with Crippen molar-refractivity contribution in [3.8, 4) is 5.75 Å². The van der Waals surface area contributed by atoms with Crippen molar-refractivity contribution < 1.29 is 9.90 Å². The molecule has 1 heterocycles. The van der Waals surface area contributed by atoms with Crippen molar-refractivity contribution in [3.63, 3.8) is 0 Å². The van der Waals surface area contributed by atoms with Crippen molar-refractivity contribution >= 4 is 49.7 Å². The normalized spacial score (nSPS) is 17.6. The highest BCUT2D eigenvalue weighted by Crippen LogP contribution is 2.34. The smallest absolute Gasteiger partial charge is 0.277 e. The average molecular weight is 374 g/mol. The van der Waals surface area contributed by atoms with Crippen molar-refractivity contribution in [3.05, 3.63) is 32.3 Å². The Hall–Kier alpha value is -1.14. The number of benzene rings is 1. The molecule has 1 amide bonds. The van der Waals surface area contributed by atoms with Gasteiger partial charge in [0.25, 0.3) is 5.91 Å². The zero-order chi connectivity index (χ0) is 13.4. The number of rotatable bonds is 1. The monoisotopic (exact) mass is 372 g/mol. The van der Waals surface area contributed by atoms with E-state index in [1.807, 2.05) is 0 Å². The molecule has 1 N–H and O–H groups in total. The molecule has 0 unspecified atom stereocenters. The van der Waals surface area contributed by atoms with Gasteiger partial charge in [-0.05, 0) is 62.6 Å². The van der Waals surface area contributed by atoms with Gasteiger partial charge in [0, 0.05) is 7.05 Å². The summed E-state index contributed by atoms with van der Waals surface area (Å²) in [7, 11) is 1.69. The molecule has 18 heavy (non-hydrogen) atoms. The predicted octanol–water partition coefficient (Wildman–Crippen LogP) is 3.15. The maximum atomic E-state index is 11.8. The van der Waals surface area contributed by atoms with Crippen LogP contribution in [0.1, 0.15) is 12.5 Å². The minimum atomic E-state index is -0.132. The first-order chi connectivity index (χ1) is 8.40. The fourth-order valence-corrected chi connectivity index (χ4v) is 2.76. The summed E-state index contributed by atoms with van der Waals surface area (Å²) in [5.74, 6) is 0.669. The molecule has 2 rings (SSSR count). The van der Waals surface area contributed by atoms with Crippen molar-refractivity contribution in [2.24, 2.45) is 4.99 Å². The van der Waals surface area contributed by atoms with Gasteiger partial charge >= 0.3 is 0 Å². The quantitative estimate of drug-likeness (QED) is 0.769. The number of amidine groups is 1. The summed E-state index contributed by atoms with van der Waals surface area (Å²) in [6.07, 6.45) is 1.68. The molecule has 0 saturated heterocycles. The molecule has 0 fully saturated rings. The van der Waals surface area contributed by atoms with Crippen LogP contribution in [0.15, 0.2) is 31.8 Å². The Morgan fingerprint density at radius 1 is 1.33 bits per heavy atom. The molecule has 0 radical (unpaired) electrons. The van der Waals surface area contributed by atoms with Gasteiger partial charge in [-0.25, -0.2) is 4.99 Å². The Balaban J connectivity index is 2.44. The Labute approximate surface area is 121 Å². The van der Waals surface area contributed by atoms with Crippen LogP contribution in [-0.2, 0) is 4.79 Å². The van der Waals surface area contributed by atoms with Crippen molar-refractivity contribution in [1.82, 2.24) is 4.90 Å². The average Bonchev–Trinajstić information content (AvgIpc) is 2.54. The molecule has 94 valence electrons. The van der Waals surface area contributed by atoms with E-state index >= 15 is 0 Å². The number of aliphatic imine (C=N–C) groups is 1. The molecule has 1 aliphatic rings. The van der Waals surface area contributed by atoms with Gasteiger partial charge in [-0.3, -0.25) is 9.69 Å². The second-order valence-electron chi connectivity index (χ2n) is 3.89. The summed E-state index contributed by atoms with van der Waals surface area (Å²) in [6.45, 7) is 1.78. The van der Waals surface area contributed by atoms with Gasteiger partial charge in [0.05, 0.1) is 8.95 Å². The molecular formula is C12H10Br2N2O2. The first-order valence-electron chi connectivity index (χ1n) is 5.13. The number of amides is 1. The van der Waals surface area contributed by atoms with Gasteiger partial charge < -0.3 is 5.11 Å². The van der Waals surface area contributed by atoms with E-state index in [0.29, 0.717) is 20.5 Å². The van der Waals surface area contributed by atoms with Gasteiger partial charge in [-0.2, -0.15) is 0 Å². The van der Waals surface area contributed by atoms with Crippen LogP contribution in [0.4, 0.5) is 0 Å². The Morgan fingerprint density at radius 3 is 2.33 bits per heavy atom. The lowest BCUT2D eigenvalue weighted by atomic mass is 10.2. The number of likely N-dealkylation sites (N-methyl/N-ethyl adjacent to an activating group) is 1. The van der Waals surface area contributed by atoms with E-state index in [2.05, 4.69) is 36.9 Å². The minimum absolute atomic E-state index is 0.131. The van der Waals surface area contributed by atoms with E-state index < -0.39 is 0 Å². The van der Waals surface area contributed by atoms with Crippen LogP contribution in [0.2, 0.25) is 0 Å². The van der Waals surface area contributed by atoms with Crippen LogP contribution in [-0.4, -0.2) is 28.8 Å². The van der Waals surface area contributed by atoms with Crippen LogP contribution in [0.25, 0.3) is 6.08 Å². The van der Waals surface area contributed by atoms with E-state index in [9.17, 15) is 9.90 Å². The van der Waals surface area contributed by atoms with Gasteiger partial charge in [-0.1, -0.05) is 0 Å². The summed E-state index contributed by atoms with van der Waals surface area (Å²) in [5.41, 5.74) is 1.17. The highest BCUT2D eigenvalue weighted by atomic mass is 79.9. The minimum Gasteiger partial charge on any atom is -0.506 e. The second-order valence-corrected chi connectivity index (χ2v) is 5.59. The maximum absolute atomic E-state index is 11.8. The number of nitrogens with zero attached hydrogens (tertiary/aromatic N) is 2. The number of phenolic OH excluding ortho intramolecular Hbond substituents is 1. The highest BCUT2D eigenvalue weighted by Gasteiger charge is 2.23. The summed E-state index contributed by atoms with van der Waals surface area (Å²) in [6, 6.07) is 3.45. The Morgan fingerprint density at radius 2 is 1.89 bits per heavy atom. The van der Waals surface area contributed by atoms with Crippen molar-refractivity contribution in [1.29, 1.82) is 0 Å². The maximum Gasteiger partial charge on any atom is 0.277 e. The van der Waals surface area contributed by atoms with Crippen molar-refractivity contribution in [2.45, 2.75) is 6.92 Å².